The van der Waals surface area contributed by atoms with Crippen molar-refractivity contribution >= 4 is 11.8 Å². The Morgan fingerprint density at radius 1 is 0.967 bits per heavy atom. The molecule has 0 radical (unpaired) electrons. The maximum atomic E-state index is 12.4. The predicted octanol–water partition coefficient (Wildman–Crippen LogP) is 3.41. The molecular formula is C24H30N2O4. The molecule has 3 rings (SSSR count). The van der Waals surface area contributed by atoms with E-state index in [0.717, 1.165) is 17.7 Å². The summed E-state index contributed by atoms with van der Waals surface area (Å²) >= 11 is 0. The average molecular weight is 411 g/mol. The van der Waals surface area contributed by atoms with E-state index in [0.29, 0.717) is 44.8 Å². The van der Waals surface area contributed by atoms with Crippen LogP contribution in [-0.4, -0.2) is 43.0 Å². The molecule has 1 aliphatic rings. The van der Waals surface area contributed by atoms with Crippen molar-refractivity contribution in [1.82, 2.24) is 10.2 Å². The largest absolute Gasteiger partial charge is 0.494 e. The first-order chi connectivity index (χ1) is 14.7. The Hall–Kier alpha value is -3.02. The number of carbonyl (C=O) groups excluding carboxylic acids is 2. The second-order valence-electron chi connectivity index (χ2n) is 7.47. The molecule has 1 saturated heterocycles. The zero-order valence-corrected chi connectivity index (χ0v) is 17.5. The zero-order chi connectivity index (χ0) is 21.2. The molecule has 6 nitrogen and oxygen atoms in total. The van der Waals surface area contributed by atoms with E-state index < -0.39 is 0 Å². The number of nitrogens with one attached hydrogen (secondary N) is 1. The number of rotatable bonds is 9. The first-order valence-electron chi connectivity index (χ1n) is 10.6. The van der Waals surface area contributed by atoms with Gasteiger partial charge in [0.15, 0.2) is 6.61 Å². The van der Waals surface area contributed by atoms with Crippen LogP contribution in [0.4, 0.5) is 0 Å². The topological polar surface area (TPSA) is 67.9 Å². The van der Waals surface area contributed by atoms with Gasteiger partial charge >= 0.3 is 0 Å². The molecule has 0 spiro atoms. The lowest BCUT2D eigenvalue weighted by Gasteiger charge is -2.31. The molecule has 0 aromatic heterocycles. The number of ether oxygens (including phenoxy) is 2. The van der Waals surface area contributed by atoms with Crippen molar-refractivity contribution in [2.24, 2.45) is 5.92 Å². The highest BCUT2D eigenvalue weighted by Crippen LogP contribution is 2.20. The monoisotopic (exact) mass is 410 g/mol. The number of benzene rings is 2. The van der Waals surface area contributed by atoms with Crippen molar-refractivity contribution in [2.75, 3.05) is 26.3 Å². The molecule has 2 aromatic carbocycles. The first kappa shape index (κ1) is 21.7. The molecule has 1 aliphatic heterocycles. The lowest BCUT2D eigenvalue weighted by atomic mass is 9.96. The van der Waals surface area contributed by atoms with Crippen LogP contribution in [0.15, 0.2) is 54.6 Å². The molecule has 6 heteroatoms. The van der Waals surface area contributed by atoms with Crippen molar-refractivity contribution in [1.29, 1.82) is 0 Å². The number of hydrogen-bond donors (Lipinski definition) is 1. The minimum absolute atomic E-state index is 0.0000338. The number of amides is 2. The van der Waals surface area contributed by atoms with Crippen LogP contribution in [0.5, 0.6) is 11.5 Å². The Morgan fingerprint density at radius 3 is 2.23 bits per heavy atom. The quantitative estimate of drug-likeness (QED) is 0.688. The van der Waals surface area contributed by atoms with Crippen LogP contribution >= 0.6 is 0 Å². The molecule has 2 aromatic rings. The third kappa shape index (κ3) is 6.51. The number of likely N-dealkylation sites (tertiary alicyclic amines) is 1. The molecular weight excluding hydrogens is 380 g/mol. The zero-order valence-electron chi connectivity index (χ0n) is 17.5. The molecule has 0 aliphatic carbocycles. The highest BCUT2D eigenvalue weighted by atomic mass is 16.5. The SMILES string of the molecule is CCCOc1ccc(OCC(=O)N2CCC(C(=O)NCc3ccccc3)CC2)cc1. The van der Waals surface area contributed by atoms with E-state index in [9.17, 15) is 9.59 Å². The summed E-state index contributed by atoms with van der Waals surface area (Å²) < 4.78 is 11.2. The summed E-state index contributed by atoms with van der Waals surface area (Å²) in [6.07, 6.45) is 2.31. The van der Waals surface area contributed by atoms with Crippen LogP contribution in [0.1, 0.15) is 31.7 Å². The summed E-state index contributed by atoms with van der Waals surface area (Å²) in [7, 11) is 0. The van der Waals surface area contributed by atoms with Gasteiger partial charge in [-0.1, -0.05) is 37.3 Å². The van der Waals surface area contributed by atoms with Gasteiger partial charge in [-0.05, 0) is 49.1 Å². The number of carbonyl (C=O) groups is 2. The molecule has 1 N–H and O–H groups in total. The lowest BCUT2D eigenvalue weighted by Crippen LogP contribution is -2.44. The van der Waals surface area contributed by atoms with Gasteiger partial charge in [0.25, 0.3) is 5.91 Å². The van der Waals surface area contributed by atoms with Gasteiger partial charge in [-0.3, -0.25) is 9.59 Å². The van der Waals surface area contributed by atoms with E-state index >= 15 is 0 Å². The molecule has 30 heavy (non-hydrogen) atoms. The Kier molecular flexibility index (Phi) is 8.12. The second kappa shape index (κ2) is 11.2. The van der Waals surface area contributed by atoms with Crippen molar-refractivity contribution in [3.05, 3.63) is 60.2 Å². The molecule has 1 heterocycles. The molecule has 0 bridgehead atoms. The van der Waals surface area contributed by atoms with Gasteiger partial charge in [-0.15, -0.1) is 0 Å². The standard InChI is InChI=1S/C24H30N2O4/c1-2-16-29-21-8-10-22(11-9-21)30-18-23(27)26-14-12-20(13-15-26)24(28)25-17-19-6-4-3-5-7-19/h3-11,20H,2,12-18H2,1H3,(H,25,28). The van der Waals surface area contributed by atoms with Gasteiger partial charge in [0.2, 0.25) is 5.91 Å². The summed E-state index contributed by atoms with van der Waals surface area (Å²) in [5.41, 5.74) is 1.08. The van der Waals surface area contributed by atoms with E-state index in [4.69, 9.17) is 9.47 Å². The summed E-state index contributed by atoms with van der Waals surface area (Å²) in [4.78, 5) is 26.6. The minimum Gasteiger partial charge on any atom is -0.494 e. The molecule has 0 saturated carbocycles. The lowest BCUT2D eigenvalue weighted by molar-refractivity contribution is -0.137. The minimum atomic E-state index is -0.0514. The summed E-state index contributed by atoms with van der Waals surface area (Å²) in [5, 5.41) is 3.00. The van der Waals surface area contributed by atoms with E-state index in [1.54, 1.807) is 4.90 Å². The molecule has 0 atom stereocenters. The van der Waals surface area contributed by atoms with Gasteiger partial charge < -0.3 is 19.7 Å². The number of piperidine rings is 1. The van der Waals surface area contributed by atoms with Crippen molar-refractivity contribution in [3.63, 3.8) is 0 Å². The van der Waals surface area contributed by atoms with Crippen molar-refractivity contribution in [3.8, 4) is 11.5 Å². The van der Waals surface area contributed by atoms with Crippen LogP contribution in [0.3, 0.4) is 0 Å². The van der Waals surface area contributed by atoms with E-state index in [1.165, 1.54) is 0 Å². The van der Waals surface area contributed by atoms with Crippen LogP contribution in [-0.2, 0) is 16.1 Å². The maximum absolute atomic E-state index is 12.4. The van der Waals surface area contributed by atoms with E-state index in [-0.39, 0.29) is 24.3 Å². The van der Waals surface area contributed by atoms with Crippen LogP contribution < -0.4 is 14.8 Å². The van der Waals surface area contributed by atoms with Gasteiger partial charge in [0, 0.05) is 25.6 Å². The average Bonchev–Trinajstić information content (AvgIpc) is 2.81. The Balaban J connectivity index is 1.37. The fourth-order valence-electron chi connectivity index (χ4n) is 3.41. The predicted molar refractivity (Wildman–Crippen MR) is 115 cm³/mol. The molecule has 1 fully saturated rings. The Labute approximate surface area is 178 Å². The van der Waals surface area contributed by atoms with Crippen LogP contribution in [0.25, 0.3) is 0 Å². The summed E-state index contributed by atoms with van der Waals surface area (Å²) in [5.74, 6) is 1.40. The highest BCUT2D eigenvalue weighted by Gasteiger charge is 2.27. The Bertz CT molecular complexity index is 800. The fraction of sp³-hybridized carbons (Fsp3) is 0.417. The van der Waals surface area contributed by atoms with Crippen molar-refractivity contribution < 1.29 is 19.1 Å². The summed E-state index contributed by atoms with van der Waals surface area (Å²) in [6, 6.07) is 17.2. The maximum Gasteiger partial charge on any atom is 0.260 e. The van der Waals surface area contributed by atoms with Gasteiger partial charge in [0.05, 0.1) is 6.61 Å². The van der Waals surface area contributed by atoms with Crippen molar-refractivity contribution in [2.45, 2.75) is 32.7 Å². The Morgan fingerprint density at radius 2 is 1.60 bits per heavy atom. The third-order valence-corrected chi connectivity index (χ3v) is 5.19. The first-order valence-corrected chi connectivity index (χ1v) is 10.6. The third-order valence-electron chi connectivity index (χ3n) is 5.19. The molecule has 0 unspecified atom stereocenters. The molecule has 160 valence electrons. The highest BCUT2D eigenvalue weighted by molar-refractivity contribution is 5.80. The van der Waals surface area contributed by atoms with Crippen LogP contribution in [0, 0.1) is 5.92 Å². The van der Waals surface area contributed by atoms with Crippen LogP contribution in [0.2, 0.25) is 0 Å². The fourth-order valence-corrected chi connectivity index (χ4v) is 3.41. The molecule has 2 amide bonds. The van der Waals surface area contributed by atoms with Gasteiger partial charge in [0.1, 0.15) is 11.5 Å². The van der Waals surface area contributed by atoms with Gasteiger partial charge in [-0.2, -0.15) is 0 Å². The number of nitrogens with zero attached hydrogens (tertiary/aromatic N) is 1. The summed E-state index contributed by atoms with van der Waals surface area (Å²) in [6.45, 7) is 4.43. The van der Waals surface area contributed by atoms with E-state index in [2.05, 4.69) is 12.2 Å². The van der Waals surface area contributed by atoms with E-state index in [1.807, 2.05) is 54.6 Å². The smallest absolute Gasteiger partial charge is 0.260 e. The van der Waals surface area contributed by atoms with Gasteiger partial charge in [-0.25, -0.2) is 0 Å². The normalized spacial score (nSPS) is 14.2. The second-order valence-corrected chi connectivity index (χ2v) is 7.47. The number of hydrogen-bond acceptors (Lipinski definition) is 4.